The lowest BCUT2D eigenvalue weighted by molar-refractivity contribution is 0.417. The molecule has 1 rings (SSSR count). The Labute approximate surface area is 97.7 Å². The summed E-state index contributed by atoms with van der Waals surface area (Å²) in [6.45, 7) is 8.87. The van der Waals surface area contributed by atoms with Gasteiger partial charge in [0.1, 0.15) is 5.82 Å². The number of hydrogen-bond acceptors (Lipinski definition) is 4. The molecule has 0 aliphatic rings. The van der Waals surface area contributed by atoms with Gasteiger partial charge in [-0.15, -0.1) is 0 Å². The van der Waals surface area contributed by atoms with Crippen molar-refractivity contribution in [2.24, 2.45) is 5.73 Å². The van der Waals surface area contributed by atoms with Crippen LogP contribution in [0.15, 0.2) is 6.20 Å². The van der Waals surface area contributed by atoms with Crippen LogP contribution < -0.4 is 11.1 Å². The Morgan fingerprint density at radius 3 is 2.38 bits per heavy atom. The smallest absolute Gasteiger partial charge is 0.144 e. The Morgan fingerprint density at radius 2 is 1.88 bits per heavy atom. The van der Waals surface area contributed by atoms with E-state index in [9.17, 15) is 0 Å². The maximum absolute atomic E-state index is 6.20. The monoisotopic (exact) mass is 222 g/mol. The van der Waals surface area contributed by atoms with Gasteiger partial charge in [-0.3, -0.25) is 4.98 Å². The molecule has 90 valence electrons. The van der Waals surface area contributed by atoms with E-state index >= 15 is 0 Å². The molecular formula is C12H22N4. The fourth-order valence-corrected chi connectivity index (χ4v) is 1.39. The van der Waals surface area contributed by atoms with Crippen LogP contribution in [0.1, 0.15) is 38.1 Å². The minimum Gasteiger partial charge on any atom is -0.367 e. The van der Waals surface area contributed by atoms with Crippen molar-refractivity contribution < 1.29 is 0 Å². The molecule has 4 nitrogen and oxygen atoms in total. The van der Waals surface area contributed by atoms with Crippen LogP contribution >= 0.6 is 0 Å². The zero-order valence-corrected chi connectivity index (χ0v) is 10.7. The van der Waals surface area contributed by atoms with E-state index in [0.717, 1.165) is 36.6 Å². The quantitative estimate of drug-likeness (QED) is 0.800. The Bertz CT molecular complexity index is 345. The number of anilines is 1. The average Bonchev–Trinajstić information content (AvgIpc) is 2.30. The SMILES string of the molecule is CCC(N)(CC)CNc1cnc(C)c(C)n1. The molecule has 1 aromatic heterocycles. The highest BCUT2D eigenvalue weighted by Gasteiger charge is 2.19. The second-order valence-electron chi connectivity index (χ2n) is 4.35. The summed E-state index contributed by atoms with van der Waals surface area (Å²) >= 11 is 0. The molecule has 0 spiro atoms. The van der Waals surface area contributed by atoms with E-state index in [0.29, 0.717) is 0 Å². The topological polar surface area (TPSA) is 63.8 Å². The van der Waals surface area contributed by atoms with Gasteiger partial charge < -0.3 is 11.1 Å². The number of aromatic nitrogens is 2. The maximum atomic E-state index is 6.20. The summed E-state index contributed by atoms with van der Waals surface area (Å²) < 4.78 is 0. The molecule has 0 bridgehead atoms. The molecule has 0 atom stereocenters. The van der Waals surface area contributed by atoms with E-state index in [4.69, 9.17) is 5.73 Å². The molecule has 1 aromatic rings. The molecule has 0 aliphatic carbocycles. The molecule has 0 saturated carbocycles. The zero-order valence-electron chi connectivity index (χ0n) is 10.7. The van der Waals surface area contributed by atoms with Crippen molar-refractivity contribution >= 4 is 5.82 Å². The summed E-state index contributed by atoms with van der Waals surface area (Å²) in [6.07, 6.45) is 3.66. The maximum Gasteiger partial charge on any atom is 0.144 e. The molecule has 4 heteroatoms. The largest absolute Gasteiger partial charge is 0.367 e. The van der Waals surface area contributed by atoms with Gasteiger partial charge in [0.05, 0.1) is 17.6 Å². The van der Waals surface area contributed by atoms with Crippen LogP contribution in [0, 0.1) is 13.8 Å². The summed E-state index contributed by atoms with van der Waals surface area (Å²) in [7, 11) is 0. The van der Waals surface area contributed by atoms with Gasteiger partial charge in [-0.05, 0) is 26.7 Å². The lowest BCUT2D eigenvalue weighted by Gasteiger charge is -2.27. The molecule has 0 amide bonds. The van der Waals surface area contributed by atoms with E-state index in [1.165, 1.54) is 0 Å². The number of aryl methyl sites for hydroxylation is 2. The van der Waals surface area contributed by atoms with Crippen LogP contribution in [-0.2, 0) is 0 Å². The number of rotatable bonds is 5. The first-order valence-electron chi connectivity index (χ1n) is 5.83. The van der Waals surface area contributed by atoms with Crippen LogP contribution in [0.3, 0.4) is 0 Å². The number of nitrogens with one attached hydrogen (secondary N) is 1. The summed E-state index contributed by atoms with van der Waals surface area (Å²) in [5.74, 6) is 0.805. The van der Waals surface area contributed by atoms with Crippen molar-refractivity contribution in [1.29, 1.82) is 0 Å². The molecule has 0 aliphatic heterocycles. The van der Waals surface area contributed by atoms with Gasteiger partial charge in [0, 0.05) is 12.1 Å². The average molecular weight is 222 g/mol. The standard InChI is InChI=1S/C12H22N4/c1-5-12(13,6-2)8-15-11-7-14-9(3)10(4)16-11/h7H,5-6,8,13H2,1-4H3,(H,15,16). The summed E-state index contributed by atoms with van der Waals surface area (Å²) in [5, 5.41) is 3.26. The summed E-state index contributed by atoms with van der Waals surface area (Å²) in [4.78, 5) is 8.68. The van der Waals surface area contributed by atoms with Crippen molar-refractivity contribution in [3.05, 3.63) is 17.6 Å². The van der Waals surface area contributed by atoms with Crippen LogP contribution in [0.5, 0.6) is 0 Å². The Balaban J connectivity index is 2.64. The van der Waals surface area contributed by atoms with Crippen LogP contribution in [0.25, 0.3) is 0 Å². The van der Waals surface area contributed by atoms with Crippen LogP contribution in [0.4, 0.5) is 5.82 Å². The van der Waals surface area contributed by atoms with Crippen molar-refractivity contribution in [2.45, 2.75) is 46.1 Å². The molecule has 3 N–H and O–H groups in total. The highest BCUT2D eigenvalue weighted by molar-refractivity contribution is 5.33. The number of hydrogen-bond donors (Lipinski definition) is 2. The van der Waals surface area contributed by atoms with Crippen molar-refractivity contribution in [3.63, 3.8) is 0 Å². The normalized spacial score (nSPS) is 11.6. The predicted molar refractivity (Wildman–Crippen MR) is 67.5 cm³/mol. The first-order valence-corrected chi connectivity index (χ1v) is 5.83. The second-order valence-corrected chi connectivity index (χ2v) is 4.35. The molecule has 16 heavy (non-hydrogen) atoms. The van der Waals surface area contributed by atoms with E-state index in [2.05, 4.69) is 29.1 Å². The van der Waals surface area contributed by atoms with E-state index in [1.807, 2.05) is 13.8 Å². The Hall–Kier alpha value is -1.16. The van der Waals surface area contributed by atoms with Crippen LogP contribution in [-0.4, -0.2) is 22.1 Å². The first kappa shape index (κ1) is 12.9. The van der Waals surface area contributed by atoms with Gasteiger partial charge in [-0.1, -0.05) is 13.8 Å². The van der Waals surface area contributed by atoms with Crippen LogP contribution in [0.2, 0.25) is 0 Å². The third-order valence-electron chi connectivity index (χ3n) is 3.22. The van der Waals surface area contributed by atoms with Gasteiger partial charge in [0.2, 0.25) is 0 Å². The molecule has 0 fully saturated rings. The Kier molecular flexibility index (Phi) is 4.24. The lowest BCUT2D eigenvalue weighted by Crippen LogP contribution is -2.45. The minimum atomic E-state index is -0.152. The predicted octanol–water partition coefficient (Wildman–Crippen LogP) is 2.02. The van der Waals surface area contributed by atoms with Crippen molar-refractivity contribution in [2.75, 3.05) is 11.9 Å². The first-order chi connectivity index (χ1) is 7.50. The Morgan fingerprint density at radius 1 is 1.25 bits per heavy atom. The molecular weight excluding hydrogens is 200 g/mol. The van der Waals surface area contributed by atoms with Gasteiger partial charge in [-0.25, -0.2) is 4.98 Å². The van der Waals surface area contributed by atoms with E-state index in [1.54, 1.807) is 6.20 Å². The molecule has 0 radical (unpaired) electrons. The van der Waals surface area contributed by atoms with Crippen molar-refractivity contribution in [3.8, 4) is 0 Å². The zero-order chi connectivity index (χ0) is 12.2. The fraction of sp³-hybridized carbons (Fsp3) is 0.667. The van der Waals surface area contributed by atoms with Gasteiger partial charge >= 0.3 is 0 Å². The highest BCUT2D eigenvalue weighted by Crippen LogP contribution is 2.13. The van der Waals surface area contributed by atoms with Gasteiger partial charge in [-0.2, -0.15) is 0 Å². The molecule has 0 saturated heterocycles. The summed E-state index contributed by atoms with van der Waals surface area (Å²) in [5.41, 5.74) is 7.98. The third kappa shape index (κ3) is 3.17. The number of nitrogens with zero attached hydrogens (tertiary/aromatic N) is 2. The fourth-order valence-electron chi connectivity index (χ4n) is 1.39. The van der Waals surface area contributed by atoms with Gasteiger partial charge in [0.25, 0.3) is 0 Å². The minimum absolute atomic E-state index is 0.152. The second kappa shape index (κ2) is 5.25. The molecule has 0 unspecified atom stereocenters. The molecule has 0 aromatic carbocycles. The van der Waals surface area contributed by atoms with E-state index in [-0.39, 0.29) is 5.54 Å². The lowest BCUT2D eigenvalue weighted by atomic mass is 9.94. The van der Waals surface area contributed by atoms with E-state index < -0.39 is 0 Å². The highest BCUT2D eigenvalue weighted by atomic mass is 15.0. The summed E-state index contributed by atoms with van der Waals surface area (Å²) in [6, 6.07) is 0. The molecule has 1 heterocycles. The third-order valence-corrected chi connectivity index (χ3v) is 3.22. The van der Waals surface area contributed by atoms with Crippen molar-refractivity contribution in [1.82, 2.24) is 9.97 Å². The van der Waals surface area contributed by atoms with Gasteiger partial charge in [0.15, 0.2) is 0 Å². The number of nitrogens with two attached hydrogens (primary N) is 1.